The summed E-state index contributed by atoms with van der Waals surface area (Å²) in [6.07, 6.45) is 1.00. The van der Waals surface area contributed by atoms with Crippen molar-refractivity contribution >= 4 is 16.8 Å². The van der Waals surface area contributed by atoms with Crippen LogP contribution in [0.2, 0.25) is 0 Å². The Morgan fingerprint density at radius 2 is 2.00 bits per heavy atom. The number of hydrogen-bond donors (Lipinski definition) is 2. The van der Waals surface area contributed by atoms with Gasteiger partial charge in [-0.3, -0.25) is 4.79 Å². The minimum atomic E-state index is -0.219. The molecule has 3 nitrogen and oxygen atoms in total. The second-order valence-electron chi connectivity index (χ2n) is 5.66. The van der Waals surface area contributed by atoms with Gasteiger partial charge < -0.3 is 10.3 Å². The highest BCUT2D eigenvalue weighted by atomic mass is 16.2. The molecule has 0 atom stereocenters. The van der Waals surface area contributed by atoms with Crippen molar-refractivity contribution in [2.75, 3.05) is 0 Å². The molecular formula is C15H20N2O. The Bertz CT molecular complexity index is 576. The van der Waals surface area contributed by atoms with Gasteiger partial charge in [0.25, 0.3) is 5.91 Å². The second kappa shape index (κ2) is 4.48. The highest BCUT2D eigenvalue weighted by molar-refractivity contribution is 5.98. The van der Waals surface area contributed by atoms with Crippen molar-refractivity contribution in [1.82, 2.24) is 10.3 Å². The lowest BCUT2D eigenvalue weighted by Gasteiger charge is -2.19. The monoisotopic (exact) mass is 244 g/mol. The molecule has 0 radical (unpaired) electrons. The van der Waals surface area contributed by atoms with E-state index in [0.29, 0.717) is 5.69 Å². The fourth-order valence-electron chi connectivity index (χ4n) is 1.93. The van der Waals surface area contributed by atoms with Crippen LogP contribution in [0.25, 0.3) is 10.9 Å². The van der Waals surface area contributed by atoms with E-state index in [1.165, 1.54) is 5.56 Å². The Hall–Kier alpha value is -1.77. The molecule has 18 heavy (non-hydrogen) atoms. The highest BCUT2D eigenvalue weighted by Gasteiger charge is 2.16. The second-order valence-corrected chi connectivity index (χ2v) is 5.66. The van der Waals surface area contributed by atoms with Crippen LogP contribution in [0.3, 0.4) is 0 Å². The van der Waals surface area contributed by atoms with Crippen LogP contribution in [0.1, 0.15) is 43.7 Å². The van der Waals surface area contributed by atoms with Gasteiger partial charge in [0.05, 0.1) is 0 Å². The molecular weight excluding hydrogens is 224 g/mol. The molecule has 1 amide bonds. The summed E-state index contributed by atoms with van der Waals surface area (Å²) in [5, 5.41) is 4.05. The Balaban J connectivity index is 2.32. The standard InChI is InChI=1S/C15H20N2O/c1-5-10-6-7-12-11(8-10)9-13(16-12)14(18)17-15(2,3)4/h6-9,16H,5H2,1-4H3,(H,17,18). The molecule has 0 aliphatic rings. The van der Waals surface area contributed by atoms with E-state index >= 15 is 0 Å². The molecule has 0 saturated carbocycles. The third kappa shape index (κ3) is 2.73. The molecule has 2 rings (SSSR count). The van der Waals surface area contributed by atoms with Crippen LogP contribution in [0.4, 0.5) is 0 Å². The Morgan fingerprint density at radius 3 is 2.61 bits per heavy atom. The highest BCUT2D eigenvalue weighted by Crippen LogP contribution is 2.18. The summed E-state index contributed by atoms with van der Waals surface area (Å²) >= 11 is 0. The van der Waals surface area contributed by atoms with Crippen LogP contribution in [-0.2, 0) is 6.42 Å². The Morgan fingerprint density at radius 1 is 1.28 bits per heavy atom. The molecule has 0 saturated heterocycles. The zero-order valence-electron chi connectivity index (χ0n) is 11.4. The smallest absolute Gasteiger partial charge is 0.268 e. The lowest BCUT2D eigenvalue weighted by atomic mass is 10.1. The van der Waals surface area contributed by atoms with Crippen LogP contribution in [0, 0.1) is 0 Å². The number of aryl methyl sites for hydroxylation is 1. The first-order valence-electron chi connectivity index (χ1n) is 6.33. The first-order chi connectivity index (χ1) is 8.39. The molecule has 0 bridgehead atoms. The van der Waals surface area contributed by atoms with E-state index in [1.807, 2.05) is 32.9 Å². The number of nitrogens with one attached hydrogen (secondary N) is 2. The van der Waals surface area contributed by atoms with Crippen molar-refractivity contribution in [3.63, 3.8) is 0 Å². The van der Waals surface area contributed by atoms with Crippen molar-refractivity contribution in [1.29, 1.82) is 0 Å². The molecule has 2 N–H and O–H groups in total. The number of amides is 1. The van der Waals surface area contributed by atoms with Crippen molar-refractivity contribution < 1.29 is 4.79 Å². The van der Waals surface area contributed by atoms with E-state index in [-0.39, 0.29) is 11.4 Å². The minimum Gasteiger partial charge on any atom is -0.351 e. The van der Waals surface area contributed by atoms with E-state index in [0.717, 1.165) is 17.3 Å². The topological polar surface area (TPSA) is 44.9 Å². The van der Waals surface area contributed by atoms with Gasteiger partial charge in [-0.15, -0.1) is 0 Å². The number of hydrogen-bond acceptors (Lipinski definition) is 1. The number of carbonyl (C=O) groups excluding carboxylic acids is 1. The average molecular weight is 244 g/mol. The number of benzene rings is 1. The number of fused-ring (bicyclic) bond motifs is 1. The summed E-state index contributed by atoms with van der Waals surface area (Å²) in [5.74, 6) is -0.0586. The van der Waals surface area contributed by atoms with E-state index in [2.05, 4.69) is 29.4 Å². The lowest BCUT2D eigenvalue weighted by molar-refractivity contribution is 0.0915. The molecule has 96 valence electrons. The summed E-state index contributed by atoms with van der Waals surface area (Å²) in [6, 6.07) is 8.15. The molecule has 1 aromatic heterocycles. The summed E-state index contributed by atoms with van der Waals surface area (Å²) in [5.41, 5.74) is 2.69. The van der Waals surface area contributed by atoms with Gasteiger partial charge in [0.1, 0.15) is 5.69 Å². The third-order valence-electron chi connectivity index (χ3n) is 2.83. The first-order valence-corrected chi connectivity index (χ1v) is 6.33. The summed E-state index contributed by atoms with van der Waals surface area (Å²) < 4.78 is 0. The van der Waals surface area contributed by atoms with Crippen LogP contribution in [-0.4, -0.2) is 16.4 Å². The lowest BCUT2D eigenvalue weighted by Crippen LogP contribution is -2.40. The molecule has 0 aliphatic heterocycles. The minimum absolute atomic E-state index is 0.0586. The summed E-state index contributed by atoms with van der Waals surface area (Å²) in [7, 11) is 0. The number of carbonyl (C=O) groups is 1. The van der Waals surface area contributed by atoms with E-state index in [4.69, 9.17) is 0 Å². The Labute approximate surface area is 108 Å². The Kier molecular flexibility index (Phi) is 3.16. The van der Waals surface area contributed by atoms with Crippen LogP contribution < -0.4 is 5.32 Å². The maximum absolute atomic E-state index is 12.0. The number of aromatic amines is 1. The van der Waals surface area contributed by atoms with Gasteiger partial charge in [0.2, 0.25) is 0 Å². The van der Waals surface area contributed by atoms with E-state index in [1.54, 1.807) is 0 Å². The predicted octanol–water partition coefficient (Wildman–Crippen LogP) is 3.26. The molecule has 0 aliphatic carbocycles. The summed E-state index contributed by atoms with van der Waals surface area (Å²) in [4.78, 5) is 15.2. The maximum Gasteiger partial charge on any atom is 0.268 e. The van der Waals surface area contributed by atoms with Gasteiger partial charge in [-0.1, -0.05) is 13.0 Å². The average Bonchev–Trinajstić information content (AvgIpc) is 2.69. The van der Waals surface area contributed by atoms with Crippen molar-refractivity contribution in [2.24, 2.45) is 0 Å². The third-order valence-corrected chi connectivity index (χ3v) is 2.83. The normalized spacial score (nSPS) is 11.8. The molecule has 1 heterocycles. The number of aromatic nitrogens is 1. The molecule has 2 aromatic rings. The van der Waals surface area contributed by atoms with E-state index < -0.39 is 0 Å². The fraction of sp³-hybridized carbons (Fsp3) is 0.400. The zero-order valence-corrected chi connectivity index (χ0v) is 11.4. The van der Waals surface area contributed by atoms with Crippen LogP contribution in [0.5, 0.6) is 0 Å². The molecule has 0 fully saturated rings. The van der Waals surface area contributed by atoms with Gasteiger partial charge in [-0.05, 0) is 51.0 Å². The van der Waals surface area contributed by atoms with Gasteiger partial charge in [0.15, 0.2) is 0 Å². The van der Waals surface area contributed by atoms with Crippen LogP contribution >= 0.6 is 0 Å². The maximum atomic E-state index is 12.0. The molecule has 3 heteroatoms. The fourth-order valence-corrected chi connectivity index (χ4v) is 1.93. The van der Waals surface area contributed by atoms with Gasteiger partial charge in [0, 0.05) is 16.4 Å². The van der Waals surface area contributed by atoms with E-state index in [9.17, 15) is 4.79 Å². The zero-order chi connectivity index (χ0) is 13.3. The van der Waals surface area contributed by atoms with Gasteiger partial charge >= 0.3 is 0 Å². The van der Waals surface area contributed by atoms with Gasteiger partial charge in [-0.25, -0.2) is 0 Å². The first kappa shape index (κ1) is 12.7. The van der Waals surface area contributed by atoms with Gasteiger partial charge in [-0.2, -0.15) is 0 Å². The largest absolute Gasteiger partial charge is 0.351 e. The predicted molar refractivity (Wildman–Crippen MR) is 74.9 cm³/mol. The number of H-pyrrole nitrogens is 1. The SMILES string of the molecule is CCc1ccc2[nH]c(C(=O)NC(C)(C)C)cc2c1. The van der Waals surface area contributed by atoms with Crippen molar-refractivity contribution in [3.05, 3.63) is 35.5 Å². The van der Waals surface area contributed by atoms with Crippen molar-refractivity contribution in [2.45, 2.75) is 39.7 Å². The van der Waals surface area contributed by atoms with Crippen LogP contribution in [0.15, 0.2) is 24.3 Å². The number of rotatable bonds is 2. The van der Waals surface area contributed by atoms with Crippen molar-refractivity contribution in [3.8, 4) is 0 Å². The summed E-state index contributed by atoms with van der Waals surface area (Å²) in [6.45, 7) is 8.05. The quantitative estimate of drug-likeness (QED) is 0.836. The molecule has 0 unspecified atom stereocenters. The molecule has 1 aromatic carbocycles. The molecule has 0 spiro atoms.